The highest BCUT2D eigenvalue weighted by molar-refractivity contribution is 4.90. The first-order valence-corrected chi connectivity index (χ1v) is 4.76. The van der Waals surface area contributed by atoms with Gasteiger partial charge in [0.1, 0.15) is 5.83 Å². The molecule has 12 heavy (non-hydrogen) atoms. The highest BCUT2D eigenvalue weighted by Crippen LogP contribution is 2.07. The van der Waals surface area contributed by atoms with E-state index < -0.39 is 12.4 Å². The summed E-state index contributed by atoms with van der Waals surface area (Å²) in [5.41, 5.74) is 0. The van der Waals surface area contributed by atoms with Crippen LogP contribution in [0.2, 0.25) is 0 Å². The van der Waals surface area contributed by atoms with E-state index in [1.807, 2.05) is 0 Å². The summed E-state index contributed by atoms with van der Waals surface area (Å²) >= 11 is 0. The van der Waals surface area contributed by atoms with E-state index in [-0.39, 0.29) is 0 Å². The van der Waals surface area contributed by atoms with E-state index in [0.717, 1.165) is 12.8 Å². The monoisotopic (exact) mass is 174 g/mol. The second-order valence-electron chi connectivity index (χ2n) is 3.01. The fourth-order valence-electron chi connectivity index (χ4n) is 1.07. The molecule has 0 bridgehead atoms. The summed E-state index contributed by atoms with van der Waals surface area (Å²) in [5, 5.41) is 8.33. The van der Waals surface area contributed by atoms with E-state index >= 15 is 0 Å². The number of allylic oxidation sites excluding steroid dienone is 1. The molecule has 0 aromatic heterocycles. The predicted octanol–water partition coefficient (Wildman–Crippen LogP) is 3.19. The largest absolute Gasteiger partial charge is 0.389 e. The van der Waals surface area contributed by atoms with Crippen LogP contribution in [0.25, 0.3) is 0 Å². The van der Waals surface area contributed by atoms with E-state index in [2.05, 4.69) is 6.92 Å². The van der Waals surface area contributed by atoms with Crippen LogP contribution in [0.5, 0.6) is 0 Å². The highest BCUT2D eigenvalue weighted by atomic mass is 19.1. The van der Waals surface area contributed by atoms with E-state index in [1.54, 1.807) is 0 Å². The van der Waals surface area contributed by atoms with Crippen LogP contribution in [0.4, 0.5) is 4.39 Å². The van der Waals surface area contributed by atoms with Gasteiger partial charge in [-0.15, -0.1) is 0 Å². The Kier molecular flexibility index (Phi) is 8.46. The van der Waals surface area contributed by atoms with Crippen LogP contribution in [-0.4, -0.2) is 11.7 Å². The van der Waals surface area contributed by atoms with Crippen molar-refractivity contribution in [1.29, 1.82) is 0 Å². The Morgan fingerprint density at radius 2 is 1.92 bits per heavy atom. The summed E-state index contributed by atoms with van der Waals surface area (Å²) in [6.45, 7) is 1.72. The standard InChI is InChI=1S/C10H19FO/c1-2-3-4-5-6-7-8-10(11)9-12/h8,12H,2-7,9H2,1H3/b10-8-. The fourth-order valence-corrected chi connectivity index (χ4v) is 1.07. The van der Waals surface area contributed by atoms with Gasteiger partial charge in [0.05, 0.1) is 6.61 Å². The summed E-state index contributed by atoms with van der Waals surface area (Å²) < 4.78 is 12.3. The number of hydrogen-bond acceptors (Lipinski definition) is 1. The first-order chi connectivity index (χ1) is 5.81. The number of aliphatic hydroxyl groups is 1. The molecule has 0 aromatic rings. The van der Waals surface area contributed by atoms with Crippen LogP contribution in [0.1, 0.15) is 45.4 Å². The molecule has 0 radical (unpaired) electrons. The molecule has 0 amide bonds. The van der Waals surface area contributed by atoms with Crippen LogP contribution in [0.3, 0.4) is 0 Å². The molecule has 72 valence electrons. The van der Waals surface area contributed by atoms with Crippen molar-refractivity contribution in [3.05, 3.63) is 11.9 Å². The molecule has 0 spiro atoms. The van der Waals surface area contributed by atoms with Gasteiger partial charge in [0.15, 0.2) is 0 Å². The lowest BCUT2D eigenvalue weighted by molar-refractivity contribution is 0.297. The Balaban J connectivity index is 3.10. The van der Waals surface area contributed by atoms with Gasteiger partial charge in [-0.05, 0) is 12.8 Å². The molecule has 0 unspecified atom stereocenters. The average molecular weight is 174 g/mol. The molecule has 0 aromatic carbocycles. The van der Waals surface area contributed by atoms with Gasteiger partial charge in [-0.3, -0.25) is 0 Å². The minimum atomic E-state index is -0.449. The molecule has 0 saturated heterocycles. The minimum absolute atomic E-state index is 0.398. The Labute approximate surface area is 74.3 Å². The lowest BCUT2D eigenvalue weighted by Gasteiger charge is -1.96. The number of hydrogen-bond donors (Lipinski definition) is 1. The Morgan fingerprint density at radius 1 is 1.25 bits per heavy atom. The maximum absolute atomic E-state index is 12.3. The number of unbranched alkanes of at least 4 members (excludes halogenated alkanes) is 5. The van der Waals surface area contributed by atoms with Crippen molar-refractivity contribution in [2.75, 3.05) is 6.61 Å². The molecule has 1 N–H and O–H groups in total. The van der Waals surface area contributed by atoms with Crippen LogP contribution in [0.15, 0.2) is 11.9 Å². The van der Waals surface area contributed by atoms with E-state index in [4.69, 9.17) is 5.11 Å². The number of halogens is 1. The molecular weight excluding hydrogens is 155 g/mol. The van der Waals surface area contributed by atoms with Crippen LogP contribution in [-0.2, 0) is 0 Å². The smallest absolute Gasteiger partial charge is 0.121 e. The zero-order valence-corrected chi connectivity index (χ0v) is 7.85. The zero-order chi connectivity index (χ0) is 9.23. The summed E-state index contributed by atoms with van der Waals surface area (Å²) in [5.74, 6) is -0.398. The van der Waals surface area contributed by atoms with Gasteiger partial charge in [0.25, 0.3) is 0 Å². The molecule has 0 aliphatic carbocycles. The van der Waals surface area contributed by atoms with Crippen molar-refractivity contribution in [1.82, 2.24) is 0 Å². The normalized spacial score (nSPS) is 12.1. The molecular formula is C10H19FO. The molecule has 0 heterocycles. The summed E-state index contributed by atoms with van der Waals surface area (Å²) in [7, 11) is 0. The first kappa shape index (κ1) is 11.6. The minimum Gasteiger partial charge on any atom is -0.389 e. The average Bonchev–Trinajstić information content (AvgIpc) is 2.10. The first-order valence-electron chi connectivity index (χ1n) is 4.76. The molecule has 2 heteroatoms. The van der Waals surface area contributed by atoms with Gasteiger partial charge in [-0.25, -0.2) is 4.39 Å². The maximum Gasteiger partial charge on any atom is 0.121 e. The van der Waals surface area contributed by atoms with Gasteiger partial charge in [-0.2, -0.15) is 0 Å². The lowest BCUT2D eigenvalue weighted by Crippen LogP contribution is -1.82. The third-order valence-corrected chi connectivity index (χ3v) is 1.82. The number of rotatable bonds is 7. The van der Waals surface area contributed by atoms with Crippen LogP contribution >= 0.6 is 0 Å². The van der Waals surface area contributed by atoms with Crippen molar-refractivity contribution < 1.29 is 9.50 Å². The van der Waals surface area contributed by atoms with Crippen LogP contribution < -0.4 is 0 Å². The van der Waals surface area contributed by atoms with Gasteiger partial charge in [0, 0.05) is 0 Å². The molecule has 1 nitrogen and oxygen atoms in total. The quantitative estimate of drug-likeness (QED) is 0.588. The Bertz CT molecular complexity index is 121. The van der Waals surface area contributed by atoms with Crippen LogP contribution in [0, 0.1) is 0 Å². The van der Waals surface area contributed by atoms with Gasteiger partial charge in [-0.1, -0.05) is 38.7 Å². The highest BCUT2D eigenvalue weighted by Gasteiger charge is 1.90. The van der Waals surface area contributed by atoms with Crippen molar-refractivity contribution >= 4 is 0 Å². The Morgan fingerprint density at radius 3 is 2.50 bits per heavy atom. The van der Waals surface area contributed by atoms with Crippen molar-refractivity contribution in [2.45, 2.75) is 45.4 Å². The van der Waals surface area contributed by atoms with Crippen molar-refractivity contribution in [2.24, 2.45) is 0 Å². The molecule has 0 rings (SSSR count). The second kappa shape index (κ2) is 8.72. The molecule has 0 fully saturated rings. The molecule has 0 saturated carbocycles. The summed E-state index contributed by atoms with van der Waals surface area (Å²) in [6, 6.07) is 0. The molecule has 0 atom stereocenters. The van der Waals surface area contributed by atoms with Crippen molar-refractivity contribution in [3.8, 4) is 0 Å². The van der Waals surface area contributed by atoms with E-state index in [0.29, 0.717) is 0 Å². The lowest BCUT2D eigenvalue weighted by atomic mass is 10.1. The van der Waals surface area contributed by atoms with Gasteiger partial charge >= 0.3 is 0 Å². The maximum atomic E-state index is 12.3. The van der Waals surface area contributed by atoms with Gasteiger partial charge < -0.3 is 5.11 Å². The number of aliphatic hydroxyl groups excluding tert-OH is 1. The van der Waals surface area contributed by atoms with Crippen molar-refractivity contribution in [3.63, 3.8) is 0 Å². The SMILES string of the molecule is CCCCCCC/C=C(\F)CO. The third-order valence-electron chi connectivity index (χ3n) is 1.82. The molecule has 0 aliphatic rings. The summed E-state index contributed by atoms with van der Waals surface area (Å²) in [6.07, 6.45) is 8.19. The Hall–Kier alpha value is -0.370. The fraction of sp³-hybridized carbons (Fsp3) is 0.800. The molecule has 0 aliphatic heterocycles. The van der Waals surface area contributed by atoms with E-state index in [1.165, 1.54) is 31.8 Å². The second-order valence-corrected chi connectivity index (χ2v) is 3.01. The topological polar surface area (TPSA) is 20.2 Å². The predicted molar refractivity (Wildman–Crippen MR) is 49.7 cm³/mol. The summed E-state index contributed by atoms with van der Waals surface area (Å²) in [4.78, 5) is 0. The third kappa shape index (κ3) is 7.73. The van der Waals surface area contributed by atoms with Gasteiger partial charge in [0.2, 0.25) is 0 Å². The van der Waals surface area contributed by atoms with E-state index in [9.17, 15) is 4.39 Å². The zero-order valence-electron chi connectivity index (χ0n) is 7.85.